The van der Waals surface area contributed by atoms with Gasteiger partial charge in [-0.2, -0.15) is 0 Å². The summed E-state index contributed by atoms with van der Waals surface area (Å²) in [7, 11) is 0. The molecule has 1 aliphatic carbocycles. The molecule has 1 aromatic carbocycles. The van der Waals surface area contributed by atoms with Crippen molar-refractivity contribution in [1.29, 1.82) is 0 Å². The Hall–Kier alpha value is -1.88. The molecule has 0 radical (unpaired) electrons. The molecule has 5 N–H and O–H groups in total. The SMILES string of the molecule is NCC1CCCC1C(=O)Nc1ccccc1C(N)=O. The molecular weight excluding hydrogens is 242 g/mol. The smallest absolute Gasteiger partial charge is 0.250 e. The highest BCUT2D eigenvalue weighted by atomic mass is 16.2. The predicted molar refractivity (Wildman–Crippen MR) is 73.5 cm³/mol. The first-order valence-corrected chi connectivity index (χ1v) is 6.53. The molecule has 0 saturated heterocycles. The number of rotatable bonds is 4. The van der Waals surface area contributed by atoms with E-state index in [1.165, 1.54) is 0 Å². The van der Waals surface area contributed by atoms with Crippen molar-refractivity contribution in [3.63, 3.8) is 0 Å². The Kier molecular flexibility index (Phi) is 4.16. The summed E-state index contributed by atoms with van der Waals surface area (Å²) in [5, 5.41) is 2.80. The molecule has 1 fully saturated rings. The van der Waals surface area contributed by atoms with E-state index in [0.717, 1.165) is 19.3 Å². The number of hydrogen-bond donors (Lipinski definition) is 3. The van der Waals surface area contributed by atoms with Crippen molar-refractivity contribution in [3.05, 3.63) is 29.8 Å². The number of hydrogen-bond acceptors (Lipinski definition) is 3. The highest BCUT2D eigenvalue weighted by Crippen LogP contribution is 2.32. The van der Waals surface area contributed by atoms with E-state index in [2.05, 4.69) is 5.32 Å². The molecule has 19 heavy (non-hydrogen) atoms. The molecule has 1 aliphatic rings. The van der Waals surface area contributed by atoms with Crippen molar-refractivity contribution >= 4 is 17.5 Å². The number of carbonyl (C=O) groups excluding carboxylic acids is 2. The van der Waals surface area contributed by atoms with E-state index in [9.17, 15) is 9.59 Å². The van der Waals surface area contributed by atoms with Gasteiger partial charge >= 0.3 is 0 Å². The molecule has 0 aromatic heterocycles. The summed E-state index contributed by atoms with van der Waals surface area (Å²) in [6.07, 6.45) is 2.87. The number of benzene rings is 1. The zero-order chi connectivity index (χ0) is 13.8. The first-order valence-electron chi connectivity index (χ1n) is 6.53. The third-order valence-corrected chi connectivity index (χ3v) is 3.75. The Morgan fingerprint density at radius 1 is 1.26 bits per heavy atom. The van der Waals surface area contributed by atoms with Gasteiger partial charge in [-0.15, -0.1) is 0 Å². The molecule has 0 bridgehead atoms. The number of primary amides is 1. The number of anilines is 1. The normalized spacial score (nSPS) is 22.2. The van der Waals surface area contributed by atoms with Crippen LogP contribution in [0.25, 0.3) is 0 Å². The van der Waals surface area contributed by atoms with Gasteiger partial charge in [0.15, 0.2) is 0 Å². The van der Waals surface area contributed by atoms with Crippen LogP contribution in [0.5, 0.6) is 0 Å². The molecule has 2 rings (SSSR count). The summed E-state index contributed by atoms with van der Waals surface area (Å²) >= 11 is 0. The minimum Gasteiger partial charge on any atom is -0.366 e. The van der Waals surface area contributed by atoms with Crippen LogP contribution in [0.4, 0.5) is 5.69 Å². The van der Waals surface area contributed by atoms with Crippen LogP contribution < -0.4 is 16.8 Å². The molecule has 2 unspecified atom stereocenters. The van der Waals surface area contributed by atoms with E-state index in [-0.39, 0.29) is 17.7 Å². The van der Waals surface area contributed by atoms with Crippen molar-refractivity contribution in [2.24, 2.45) is 23.3 Å². The van der Waals surface area contributed by atoms with Crippen molar-refractivity contribution < 1.29 is 9.59 Å². The summed E-state index contributed by atoms with van der Waals surface area (Å²) in [6, 6.07) is 6.77. The maximum atomic E-state index is 12.2. The zero-order valence-electron chi connectivity index (χ0n) is 10.8. The Bertz CT molecular complexity index is 487. The predicted octanol–water partition coefficient (Wildman–Crippen LogP) is 1.10. The van der Waals surface area contributed by atoms with Gasteiger partial charge in [-0.1, -0.05) is 18.6 Å². The Morgan fingerprint density at radius 3 is 2.68 bits per heavy atom. The number of nitrogens with two attached hydrogens (primary N) is 2. The fourth-order valence-corrected chi connectivity index (χ4v) is 2.70. The van der Waals surface area contributed by atoms with Gasteiger partial charge in [-0.25, -0.2) is 0 Å². The van der Waals surface area contributed by atoms with E-state index in [0.29, 0.717) is 17.8 Å². The first-order chi connectivity index (χ1) is 9.13. The molecule has 0 aliphatic heterocycles. The lowest BCUT2D eigenvalue weighted by Gasteiger charge is -2.18. The molecule has 2 atom stereocenters. The van der Waals surface area contributed by atoms with Gasteiger partial charge < -0.3 is 16.8 Å². The van der Waals surface area contributed by atoms with Gasteiger partial charge in [-0.3, -0.25) is 9.59 Å². The fourth-order valence-electron chi connectivity index (χ4n) is 2.70. The van der Waals surface area contributed by atoms with Gasteiger partial charge in [0.05, 0.1) is 11.3 Å². The number of para-hydroxylation sites is 1. The summed E-state index contributed by atoms with van der Waals surface area (Å²) in [6.45, 7) is 0.523. The van der Waals surface area contributed by atoms with E-state index in [1.54, 1.807) is 24.3 Å². The second-order valence-corrected chi connectivity index (χ2v) is 4.93. The first kappa shape index (κ1) is 13.5. The lowest BCUT2D eigenvalue weighted by atomic mass is 9.95. The molecule has 1 saturated carbocycles. The van der Waals surface area contributed by atoms with Crippen LogP contribution >= 0.6 is 0 Å². The molecule has 5 nitrogen and oxygen atoms in total. The summed E-state index contributed by atoms with van der Waals surface area (Å²) in [5.41, 5.74) is 11.8. The zero-order valence-corrected chi connectivity index (χ0v) is 10.8. The van der Waals surface area contributed by atoms with E-state index in [1.807, 2.05) is 0 Å². The van der Waals surface area contributed by atoms with Crippen LogP contribution in [0.3, 0.4) is 0 Å². The minimum atomic E-state index is -0.544. The van der Waals surface area contributed by atoms with Gasteiger partial charge in [0, 0.05) is 5.92 Å². The van der Waals surface area contributed by atoms with E-state index < -0.39 is 5.91 Å². The second kappa shape index (κ2) is 5.84. The molecule has 5 heteroatoms. The topological polar surface area (TPSA) is 98.2 Å². The maximum absolute atomic E-state index is 12.2. The largest absolute Gasteiger partial charge is 0.366 e. The van der Waals surface area contributed by atoms with Crippen LogP contribution in [0.2, 0.25) is 0 Å². The average Bonchev–Trinajstić information content (AvgIpc) is 2.87. The number of carbonyl (C=O) groups is 2. The Morgan fingerprint density at radius 2 is 2.00 bits per heavy atom. The standard InChI is InChI=1S/C14H19N3O2/c15-8-9-4-3-6-10(9)14(19)17-12-7-2-1-5-11(12)13(16)18/h1-2,5,7,9-10H,3-4,6,8,15H2,(H2,16,18)(H,17,19). The third-order valence-electron chi connectivity index (χ3n) is 3.75. The lowest BCUT2D eigenvalue weighted by Crippen LogP contribution is -2.30. The van der Waals surface area contributed by atoms with Crippen LogP contribution in [0, 0.1) is 11.8 Å². The summed E-state index contributed by atoms with van der Waals surface area (Å²) in [4.78, 5) is 23.5. The highest BCUT2D eigenvalue weighted by Gasteiger charge is 2.32. The van der Waals surface area contributed by atoms with Crippen molar-refractivity contribution in [1.82, 2.24) is 0 Å². The monoisotopic (exact) mass is 261 g/mol. The molecule has 0 heterocycles. The molecule has 102 valence electrons. The van der Waals surface area contributed by atoms with Crippen molar-refractivity contribution in [2.75, 3.05) is 11.9 Å². The third kappa shape index (κ3) is 2.93. The second-order valence-electron chi connectivity index (χ2n) is 4.93. The van der Waals surface area contributed by atoms with E-state index in [4.69, 9.17) is 11.5 Å². The maximum Gasteiger partial charge on any atom is 0.250 e. The minimum absolute atomic E-state index is 0.0640. The van der Waals surface area contributed by atoms with Crippen LogP contribution in [0.1, 0.15) is 29.6 Å². The van der Waals surface area contributed by atoms with Crippen LogP contribution in [-0.2, 0) is 4.79 Å². The molecule has 2 amide bonds. The molecular formula is C14H19N3O2. The lowest BCUT2D eigenvalue weighted by molar-refractivity contribution is -0.120. The summed E-state index contributed by atoms with van der Waals surface area (Å²) in [5.74, 6) is -0.439. The fraction of sp³-hybridized carbons (Fsp3) is 0.429. The Labute approximate surface area is 112 Å². The van der Waals surface area contributed by atoms with Gasteiger partial charge in [0.2, 0.25) is 5.91 Å². The molecule has 0 spiro atoms. The van der Waals surface area contributed by atoms with E-state index >= 15 is 0 Å². The molecule has 1 aromatic rings. The number of nitrogens with one attached hydrogen (secondary N) is 1. The summed E-state index contributed by atoms with van der Waals surface area (Å²) < 4.78 is 0. The van der Waals surface area contributed by atoms with Gasteiger partial charge in [-0.05, 0) is 37.4 Å². The van der Waals surface area contributed by atoms with Gasteiger partial charge in [0.25, 0.3) is 5.91 Å². The van der Waals surface area contributed by atoms with Crippen LogP contribution in [-0.4, -0.2) is 18.4 Å². The quantitative estimate of drug-likeness (QED) is 0.756. The number of amides is 2. The van der Waals surface area contributed by atoms with Crippen molar-refractivity contribution in [2.45, 2.75) is 19.3 Å². The van der Waals surface area contributed by atoms with Crippen LogP contribution in [0.15, 0.2) is 24.3 Å². The average molecular weight is 261 g/mol. The Balaban J connectivity index is 2.13. The highest BCUT2D eigenvalue weighted by molar-refractivity contribution is 6.03. The van der Waals surface area contributed by atoms with Gasteiger partial charge in [0.1, 0.15) is 0 Å². The van der Waals surface area contributed by atoms with Crippen molar-refractivity contribution in [3.8, 4) is 0 Å².